The van der Waals surface area contributed by atoms with Crippen molar-refractivity contribution in [2.45, 2.75) is 32.6 Å². The highest BCUT2D eigenvalue weighted by molar-refractivity contribution is 6.18. The lowest BCUT2D eigenvalue weighted by molar-refractivity contribution is 0.765. The lowest BCUT2D eigenvalue weighted by Gasteiger charge is -2.15. The normalized spacial score (nSPS) is 12.4. The number of alkyl halides is 1. The van der Waals surface area contributed by atoms with Gasteiger partial charge in [-0.3, -0.25) is 0 Å². The van der Waals surface area contributed by atoms with Gasteiger partial charge in [-0.2, -0.15) is 0 Å². The van der Waals surface area contributed by atoms with Gasteiger partial charge in [0.2, 0.25) is 0 Å². The van der Waals surface area contributed by atoms with Gasteiger partial charge < -0.3 is 0 Å². The van der Waals surface area contributed by atoms with E-state index in [-0.39, 0.29) is 0 Å². The highest BCUT2D eigenvalue weighted by Gasteiger charge is 2.11. The molecular formula is C18H21Cl. The van der Waals surface area contributed by atoms with E-state index in [1.54, 1.807) is 0 Å². The maximum atomic E-state index is 6.15. The van der Waals surface area contributed by atoms with Crippen LogP contribution in [-0.4, -0.2) is 5.88 Å². The van der Waals surface area contributed by atoms with Crippen LogP contribution in [0.25, 0.3) is 0 Å². The van der Waals surface area contributed by atoms with Gasteiger partial charge in [-0.25, -0.2) is 0 Å². The van der Waals surface area contributed by atoms with Gasteiger partial charge >= 0.3 is 0 Å². The number of hydrogen-bond donors (Lipinski definition) is 0. The fourth-order valence-corrected chi connectivity index (χ4v) is 2.58. The Morgan fingerprint density at radius 2 is 1.47 bits per heavy atom. The van der Waals surface area contributed by atoms with E-state index in [4.69, 9.17) is 11.6 Å². The molecule has 2 rings (SSSR count). The molecule has 0 spiro atoms. The molecule has 1 atom stereocenters. The first-order chi connectivity index (χ1) is 9.22. The van der Waals surface area contributed by atoms with E-state index in [0.29, 0.717) is 11.8 Å². The largest absolute Gasteiger partial charge is 0.126 e. The molecule has 0 heterocycles. The fourth-order valence-electron chi connectivity index (χ4n) is 2.30. The van der Waals surface area contributed by atoms with Crippen molar-refractivity contribution >= 4 is 11.6 Å². The topological polar surface area (TPSA) is 0 Å². The van der Waals surface area contributed by atoms with Gasteiger partial charge in [0.15, 0.2) is 0 Å². The van der Waals surface area contributed by atoms with Crippen molar-refractivity contribution in [3.63, 3.8) is 0 Å². The molecule has 0 fully saturated rings. The lowest BCUT2D eigenvalue weighted by Crippen LogP contribution is -2.04. The van der Waals surface area contributed by atoms with E-state index in [1.165, 1.54) is 22.3 Å². The van der Waals surface area contributed by atoms with Gasteiger partial charge in [-0.15, -0.1) is 11.6 Å². The van der Waals surface area contributed by atoms with Gasteiger partial charge in [0.1, 0.15) is 0 Å². The van der Waals surface area contributed by atoms with Gasteiger partial charge in [-0.05, 0) is 36.5 Å². The zero-order valence-corrected chi connectivity index (χ0v) is 12.5. The number of aryl methyl sites for hydroxylation is 2. The van der Waals surface area contributed by atoms with Crippen LogP contribution in [-0.2, 0) is 12.8 Å². The van der Waals surface area contributed by atoms with E-state index in [9.17, 15) is 0 Å². The first-order valence-corrected chi connectivity index (χ1v) is 7.46. The minimum absolute atomic E-state index is 0.398. The summed E-state index contributed by atoms with van der Waals surface area (Å²) in [6.45, 7) is 4.30. The SMILES string of the molecule is CCc1ccc(CC(CCl)c2ccc(C)cc2)cc1. The van der Waals surface area contributed by atoms with Crippen molar-refractivity contribution in [2.75, 3.05) is 5.88 Å². The first kappa shape index (κ1) is 14.1. The third-order valence-corrected chi connectivity index (χ3v) is 4.02. The van der Waals surface area contributed by atoms with E-state index >= 15 is 0 Å². The molecule has 0 saturated carbocycles. The summed E-state index contributed by atoms with van der Waals surface area (Å²) in [4.78, 5) is 0. The van der Waals surface area contributed by atoms with Crippen LogP contribution in [0.1, 0.15) is 35.1 Å². The molecule has 2 aromatic rings. The van der Waals surface area contributed by atoms with Crippen molar-refractivity contribution < 1.29 is 0 Å². The Labute approximate surface area is 121 Å². The molecule has 0 saturated heterocycles. The van der Waals surface area contributed by atoms with E-state index < -0.39 is 0 Å². The minimum atomic E-state index is 0.398. The molecule has 1 heteroatoms. The Morgan fingerprint density at radius 3 is 2.00 bits per heavy atom. The smallest absolute Gasteiger partial charge is 0.0295 e. The summed E-state index contributed by atoms with van der Waals surface area (Å²) in [5, 5.41) is 0. The van der Waals surface area contributed by atoms with Gasteiger partial charge in [0.25, 0.3) is 0 Å². The average molecular weight is 273 g/mol. The molecule has 19 heavy (non-hydrogen) atoms. The minimum Gasteiger partial charge on any atom is -0.126 e. The van der Waals surface area contributed by atoms with Crippen LogP contribution < -0.4 is 0 Å². The fraction of sp³-hybridized carbons (Fsp3) is 0.333. The number of hydrogen-bond acceptors (Lipinski definition) is 0. The molecule has 0 nitrogen and oxygen atoms in total. The molecule has 0 aliphatic heterocycles. The van der Waals surface area contributed by atoms with Crippen LogP contribution in [0.5, 0.6) is 0 Å². The molecule has 2 aromatic carbocycles. The van der Waals surface area contributed by atoms with Crippen LogP contribution in [0.15, 0.2) is 48.5 Å². The number of halogens is 1. The Kier molecular flexibility index (Phi) is 5.04. The molecular weight excluding hydrogens is 252 g/mol. The summed E-state index contributed by atoms with van der Waals surface area (Å²) in [5.41, 5.74) is 5.38. The average Bonchev–Trinajstić information content (AvgIpc) is 2.46. The van der Waals surface area contributed by atoms with Crippen LogP contribution in [0.2, 0.25) is 0 Å². The molecule has 0 aliphatic rings. The molecule has 0 aromatic heterocycles. The number of benzene rings is 2. The summed E-state index contributed by atoms with van der Waals surface area (Å²) in [6, 6.07) is 17.6. The summed E-state index contributed by atoms with van der Waals surface area (Å²) in [6.07, 6.45) is 2.10. The Morgan fingerprint density at radius 1 is 0.895 bits per heavy atom. The lowest BCUT2D eigenvalue weighted by atomic mass is 9.92. The monoisotopic (exact) mass is 272 g/mol. The zero-order chi connectivity index (χ0) is 13.7. The molecule has 0 radical (unpaired) electrons. The maximum absolute atomic E-state index is 6.15. The van der Waals surface area contributed by atoms with Gasteiger partial charge in [-0.1, -0.05) is 61.0 Å². The maximum Gasteiger partial charge on any atom is 0.0295 e. The third-order valence-electron chi connectivity index (χ3n) is 3.65. The zero-order valence-electron chi connectivity index (χ0n) is 11.7. The first-order valence-electron chi connectivity index (χ1n) is 6.93. The van der Waals surface area contributed by atoms with Crippen molar-refractivity contribution in [3.8, 4) is 0 Å². The Bertz CT molecular complexity index is 496. The molecule has 0 N–H and O–H groups in total. The standard InChI is InChI=1S/C18H21Cl/c1-3-15-6-8-16(9-7-15)12-18(13-19)17-10-4-14(2)5-11-17/h4-11,18H,3,12-13H2,1-2H3. The molecule has 100 valence electrons. The van der Waals surface area contributed by atoms with Crippen LogP contribution in [0.4, 0.5) is 0 Å². The second-order valence-corrected chi connectivity index (χ2v) is 5.44. The Hall–Kier alpha value is -1.27. The van der Waals surface area contributed by atoms with Crippen LogP contribution in [0, 0.1) is 6.92 Å². The molecule has 0 aliphatic carbocycles. The number of rotatable bonds is 5. The summed E-state index contributed by atoms with van der Waals surface area (Å²) in [5.74, 6) is 1.06. The summed E-state index contributed by atoms with van der Waals surface area (Å²) < 4.78 is 0. The predicted octanol–water partition coefficient (Wildman–Crippen LogP) is 5.12. The van der Waals surface area contributed by atoms with Gasteiger partial charge in [0, 0.05) is 11.8 Å². The van der Waals surface area contributed by atoms with Crippen molar-refractivity contribution in [1.82, 2.24) is 0 Å². The van der Waals surface area contributed by atoms with Gasteiger partial charge in [0.05, 0.1) is 0 Å². The second-order valence-electron chi connectivity index (χ2n) is 5.14. The Balaban J connectivity index is 2.11. The third kappa shape index (κ3) is 3.84. The van der Waals surface area contributed by atoms with Crippen LogP contribution in [0.3, 0.4) is 0 Å². The molecule has 1 unspecified atom stereocenters. The van der Waals surface area contributed by atoms with Crippen molar-refractivity contribution in [1.29, 1.82) is 0 Å². The summed E-state index contributed by atoms with van der Waals surface area (Å²) >= 11 is 6.15. The van der Waals surface area contributed by atoms with Crippen molar-refractivity contribution in [3.05, 3.63) is 70.8 Å². The molecule has 0 amide bonds. The highest BCUT2D eigenvalue weighted by atomic mass is 35.5. The van der Waals surface area contributed by atoms with E-state index in [0.717, 1.165) is 12.8 Å². The summed E-state index contributed by atoms with van der Waals surface area (Å²) in [7, 11) is 0. The molecule has 0 bridgehead atoms. The predicted molar refractivity (Wildman–Crippen MR) is 84.2 cm³/mol. The van der Waals surface area contributed by atoms with Crippen LogP contribution >= 0.6 is 11.6 Å². The van der Waals surface area contributed by atoms with E-state index in [1.807, 2.05) is 0 Å². The quantitative estimate of drug-likeness (QED) is 0.663. The highest BCUT2D eigenvalue weighted by Crippen LogP contribution is 2.23. The van der Waals surface area contributed by atoms with E-state index in [2.05, 4.69) is 62.4 Å². The van der Waals surface area contributed by atoms with Crippen molar-refractivity contribution in [2.24, 2.45) is 0 Å². The second kappa shape index (κ2) is 6.77.